The maximum absolute atomic E-state index is 13.3. The van der Waals surface area contributed by atoms with Crippen molar-refractivity contribution in [2.24, 2.45) is 10.8 Å². The number of rotatable bonds is 3. The lowest BCUT2D eigenvalue weighted by atomic mass is 9.82. The van der Waals surface area contributed by atoms with Gasteiger partial charge in [-0.3, -0.25) is 14.4 Å². The maximum atomic E-state index is 13.3. The Hall–Kier alpha value is -1.59. The van der Waals surface area contributed by atoms with Crippen LogP contribution in [0.15, 0.2) is 0 Å². The summed E-state index contributed by atoms with van der Waals surface area (Å²) in [4.78, 5) is 39.0. The fourth-order valence-corrected chi connectivity index (χ4v) is 3.39. The molecular formula is C18H33N3O3. The zero-order valence-corrected chi connectivity index (χ0v) is 16.3. The lowest BCUT2D eigenvalue weighted by Crippen LogP contribution is -2.60. The molecule has 0 aromatic carbocycles. The van der Waals surface area contributed by atoms with Crippen molar-refractivity contribution < 1.29 is 14.4 Å². The smallest absolute Gasteiger partial charge is 0.246 e. The summed E-state index contributed by atoms with van der Waals surface area (Å²) < 4.78 is 0. The first-order valence-electron chi connectivity index (χ1n) is 8.61. The fraction of sp³-hybridized carbons (Fsp3) is 0.833. The van der Waals surface area contributed by atoms with Crippen LogP contribution in [0.2, 0.25) is 0 Å². The number of nitrogens with zero attached hydrogens (tertiary/aromatic N) is 1. The van der Waals surface area contributed by atoms with E-state index in [-0.39, 0.29) is 29.2 Å². The number of carbonyl (C=O) groups is 3. The number of amides is 3. The Balaban J connectivity index is 3.27. The molecule has 3 atom stereocenters. The number of likely N-dealkylation sites (N-methyl/N-ethyl adjacent to an activating group) is 1. The topological polar surface area (TPSA) is 78.5 Å². The molecule has 0 unspecified atom stereocenters. The molecule has 0 saturated carbocycles. The highest BCUT2D eigenvalue weighted by molar-refractivity contribution is 5.93. The quantitative estimate of drug-likeness (QED) is 0.821. The largest absolute Gasteiger partial charge is 0.357 e. The van der Waals surface area contributed by atoms with Crippen molar-refractivity contribution in [3.8, 4) is 0 Å². The Morgan fingerprint density at radius 1 is 1.04 bits per heavy atom. The van der Waals surface area contributed by atoms with E-state index in [2.05, 4.69) is 31.4 Å². The number of carbonyl (C=O) groups excluding carboxylic acids is 3. The van der Waals surface area contributed by atoms with Crippen molar-refractivity contribution in [2.45, 2.75) is 79.4 Å². The molecule has 1 fully saturated rings. The molecular weight excluding hydrogens is 306 g/mol. The lowest BCUT2D eigenvalue weighted by molar-refractivity contribution is -0.147. The van der Waals surface area contributed by atoms with Crippen LogP contribution >= 0.6 is 0 Å². The summed E-state index contributed by atoms with van der Waals surface area (Å²) in [6, 6.07) is -1.18. The van der Waals surface area contributed by atoms with Crippen LogP contribution in [0.4, 0.5) is 0 Å². The highest BCUT2D eigenvalue weighted by Crippen LogP contribution is 2.38. The van der Waals surface area contributed by atoms with Gasteiger partial charge in [0.05, 0.1) is 0 Å². The molecule has 1 aliphatic heterocycles. The predicted octanol–water partition coefficient (Wildman–Crippen LogP) is 1.69. The number of hydrogen-bond donors (Lipinski definition) is 2. The number of hydrogen-bond acceptors (Lipinski definition) is 3. The van der Waals surface area contributed by atoms with Crippen LogP contribution in [0.5, 0.6) is 0 Å². The van der Waals surface area contributed by atoms with Gasteiger partial charge in [0.15, 0.2) is 0 Å². The van der Waals surface area contributed by atoms with Crippen LogP contribution in [0.1, 0.15) is 61.3 Å². The summed E-state index contributed by atoms with van der Waals surface area (Å²) in [6.45, 7) is 13.4. The third-order valence-electron chi connectivity index (χ3n) is 4.65. The lowest BCUT2D eigenvalue weighted by Gasteiger charge is -2.41. The monoisotopic (exact) mass is 339 g/mol. The van der Waals surface area contributed by atoms with Crippen molar-refractivity contribution in [2.75, 3.05) is 7.05 Å². The Bertz CT molecular complexity index is 503. The van der Waals surface area contributed by atoms with Crippen LogP contribution in [0.3, 0.4) is 0 Å². The summed E-state index contributed by atoms with van der Waals surface area (Å²) in [7, 11) is 1.59. The van der Waals surface area contributed by atoms with Gasteiger partial charge in [-0.15, -0.1) is 0 Å². The SMILES string of the molecule is CNC(=O)[C@@H]1CC[C@H](C(C)(C)C)N1C(=O)[C@H](NC(C)=O)C(C)(C)C. The average molecular weight is 339 g/mol. The van der Waals surface area contributed by atoms with E-state index in [1.165, 1.54) is 6.92 Å². The molecule has 0 bridgehead atoms. The number of likely N-dealkylation sites (tertiary alicyclic amines) is 1. The van der Waals surface area contributed by atoms with Crippen LogP contribution < -0.4 is 10.6 Å². The van der Waals surface area contributed by atoms with Crippen molar-refractivity contribution in [3.63, 3.8) is 0 Å². The van der Waals surface area contributed by atoms with E-state index in [0.717, 1.165) is 6.42 Å². The summed E-state index contributed by atoms with van der Waals surface area (Å²) in [5.41, 5.74) is -0.585. The molecule has 138 valence electrons. The average Bonchev–Trinajstić information content (AvgIpc) is 2.86. The van der Waals surface area contributed by atoms with Gasteiger partial charge in [-0.1, -0.05) is 41.5 Å². The first-order valence-corrected chi connectivity index (χ1v) is 8.61. The van der Waals surface area contributed by atoms with E-state index in [0.29, 0.717) is 6.42 Å². The minimum absolute atomic E-state index is 0.0362. The second kappa shape index (κ2) is 7.11. The van der Waals surface area contributed by atoms with Crippen LogP contribution in [-0.2, 0) is 14.4 Å². The Labute approximate surface area is 145 Å². The van der Waals surface area contributed by atoms with Gasteiger partial charge in [-0.25, -0.2) is 0 Å². The van der Waals surface area contributed by atoms with Gasteiger partial charge < -0.3 is 15.5 Å². The molecule has 3 amide bonds. The van der Waals surface area contributed by atoms with Crippen molar-refractivity contribution in [1.82, 2.24) is 15.5 Å². The van der Waals surface area contributed by atoms with Gasteiger partial charge in [0, 0.05) is 20.0 Å². The molecule has 24 heavy (non-hydrogen) atoms. The first-order chi connectivity index (χ1) is 10.8. The Morgan fingerprint density at radius 3 is 1.96 bits per heavy atom. The van der Waals surface area contributed by atoms with E-state index in [1.807, 2.05) is 20.8 Å². The summed E-state index contributed by atoms with van der Waals surface area (Å²) in [5, 5.41) is 5.45. The van der Waals surface area contributed by atoms with Gasteiger partial charge >= 0.3 is 0 Å². The second-order valence-electron chi connectivity index (χ2n) is 8.83. The highest BCUT2D eigenvalue weighted by atomic mass is 16.2. The van der Waals surface area contributed by atoms with Gasteiger partial charge in [-0.2, -0.15) is 0 Å². The van der Waals surface area contributed by atoms with Crippen LogP contribution in [0.25, 0.3) is 0 Å². The molecule has 6 heteroatoms. The van der Waals surface area contributed by atoms with Gasteiger partial charge in [-0.05, 0) is 23.7 Å². The van der Waals surface area contributed by atoms with E-state index >= 15 is 0 Å². The molecule has 1 saturated heterocycles. The third-order valence-corrected chi connectivity index (χ3v) is 4.65. The molecule has 0 radical (unpaired) electrons. The zero-order chi connectivity index (χ0) is 18.9. The Kier molecular flexibility index (Phi) is 6.06. The highest BCUT2D eigenvalue weighted by Gasteiger charge is 2.48. The van der Waals surface area contributed by atoms with Crippen LogP contribution in [-0.4, -0.2) is 47.8 Å². The third kappa shape index (κ3) is 4.48. The van der Waals surface area contributed by atoms with Crippen molar-refractivity contribution in [3.05, 3.63) is 0 Å². The van der Waals surface area contributed by atoms with Crippen LogP contribution in [0, 0.1) is 10.8 Å². The fourth-order valence-electron chi connectivity index (χ4n) is 3.39. The first kappa shape index (κ1) is 20.5. The van der Waals surface area contributed by atoms with E-state index < -0.39 is 17.5 Å². The standard InChI is InChI=1S/C18H33N3O3/c1-11(22)20-14(18(5,6)7)16(24)21-12(15(23)19-8)9-10-13(21)17(2,3)4/h12-14H,9-10H2,1-8H3,(H,19,23)(H,20,22)/t12-,13+,14-/m0/s1. The molecule has 0 aromatic heterocycles. The molecule has 0 spiro atoms. The summed E-state index contributed by atoms with van der Waals surface area (Å²) in [6.07, 6.45) is 1.43. The van der Waals surface area contributed by atoms with Crippen molar-refractivity contribution >= 4 is 17.7 Å². The molecule has 1 aliphatic rings. The summed E-state index contributed by atoms with van der Waals surface area (Å²) in [5.74, 6) is -0.569. The zero-order valence-electron chi connectivity index (χ0n) is 16.3. The summed E-state index contributed by atoms with van der Waals surface area (Å²) >= 11 is 0. The second-order valence-corrected chi connectivity index (χ2v) is 8.83. The normalized spacial score (nSPS) is 22.9. The van der Waals surface area contributed by atoms with E-state index in [1.54, 1.807) is 11.9 Å². The van der Waals surface area contributed by atoms with E-state index in [4.69, 9.17) is 0 Å². The van der Waals surface area contributed by atoms with E-state index in [9.17, 15) is 14.4 Å². The molecule has 0 aromatic rings. The molecule has 6 nitrogen and oxygen atoms in total. The van der Waals surface area contributed by atoms with Gasteiger partial charge in [0.2, 0.25) is 17.7 Å². The molecule has 1 rings (SSSR count). The van der Waals surface area contributed by atoms with Gasteiger partial charge in [0.25, 0.3) is 0 Å². The van der Waals surface area contributed by atoms with Crippen molar-refractivity contribution in [1.29, 1.82) is 0 Å². The number of nitrogens with one attached hydrogen (secondary N) is 2. The van der Waals surface area contributed by atoms with Gasteiger partial charge in [0.1, 0.15) is 12.1 Å². The molecule has 0 aliphatic carbocycles. The maximum Gasteiger partial charge on any atom is 0.246 e. The minimum Gasteiger partial charge on any atom is -0.357 e. The molecule has 1 heterocycles. The molecule has 2 N–H and O–H groups in total. The minimum atomic E-state index is -0.662. The predicted molar refractivity (Wildman–Crippen MR) is 94.2 cm³/mol. The Morgan fingerprint density at radius 2 is 1.58 bits per heavy atom.